The fourth-order valence-electron chi connectivity index (χ4n) is 1.57. The third-order valence-electron chi connectivity index (χ3n) is 2.62. The first-order chi connectivity index (χ1) is 9.65. The van der Waals surface area contributed by atoms with Crippen molar-refractivity contribution < 1.29 is 4.79 Å². The van der Waals surface area contributed by atoms with Crippen LogP contribution in [0.2, 0.25) is 5.02 Å². The van der Waals surface area contributed by atoms with Crippen molar-refractivity contribution in [3.05, 3.63) is 65.2 Å². The molecule has 0 atom stereocenters. The van der Waals surface area contributed by atoms with E-state index in [0.717, 1.165) is 5.56 Å². The van der Waals surface area contributed by atoms with Gasteiger partial charge >= 0.3 is 6.03 Å². The number of nitrogens with one attached hydrogen (secondary N) is 2. The molecule has 0 radical (unpaired) electrons. The van der Waals surface area contributed by atoms with Crippen molar-refractivity contribution in [2.75, 3.05) is 5.32 Å². The number of halogens is 1. The number of para-hydroxylation sites is 1. The summed E-state index contributed by atoms with van der Waals surface area (Å²) in [6, 6.07) is 16.0. The van der Waals surface area contributed by atoms with Crippen molar-refractivity contribution >= 4 is 29.0 Å². The normalized spacial score (nSPS) is 11.0. The van der Waals surface area contributed by atoms with Crippen LogP contribution < -0.4 is 10.7 Å². The highest BCUT2D eigenvalue weighted by molar-refractivity contribution is 6.30. The largest absolute Gasteiger partial charge is 0.339 e. The van der Waals surface area contributed by atoms with E-state index in [0.29, 0.717) is 16.4 Å². The van der Waals surface area contributed by atoms with Gasteiger partial charge in [-0.2, -0.15) is 5.10 Å². The molecule has 0 saturated carbocycles. The molecule has 0 aliphatic heterocycles. The van der Waals surface area contributed by atoms with Gasteiger partial charge in [0, 0.05) is 10.7 Å². The van der Waals surface area contributed by atoms with Crippen LogP contribution in [0.25, 0.3) is 0 Å². The van der Waals surface area contributed by atoms with E-state index in [2.05, 4.69) is 15.8 Å². The first kappa shape index (κ1) is 14.1. The van der Waals surface area contributed by atoms with Crippen molar-refractivity contribution in [1.82, 2.24) is 5.43 Å². The molecule has 0 unspecified atom stereocenters. The SMILES string of the molecule is C/C(=N\NC(=O)Nc1ccccc1)c1ccc(Cl)cc1. The van der Waals surface area contributed by atoms with Crippen LogP contribution in [0, 0.1) is 0 Å². The molecule has 102 valence electrons. The minimum Gasteiger partial charge on any atom is -0.307 e. The van der Waals surface area contributed by atoms with Gasteiger partial charge in [0.05, 0.1) is 5.71 Å². The Bertz CT molecular complexity index is 609. The summed E-state index contributed by atoms with van der Waals surface area (Å²) in [4.78, 5) is 11.7. The van der Waals surface area contributed by atoms with Gasteiger partial charge in [0.15, 0.2) is 0 Å². The highest BCUT2D eigenvalue weighted by Gasteiger charge is 2.01. The molecule has 2 aromatic rings. The number of carbonyl (C=O) groups excluding carboxylic acids is 1. The maximum Gasteiger partial charge on any atom is 0.339 e. The van der Waals surface area contributed by atoms with Crippen molar-refractivity contribution in [2.24, 2.45) is 5.10 Å². The molecule has 2 N–H and O–H groups in total. The van der Waals surface area contributed by atoms with Gasteiger partial charge in [0.25, 0.3) is 0 Å². The van der Waals surface area contributed by atoms with Gasteiger partial charge in [0.2, 0.25) is 0 Å². The van der Waals surface area contributed by atoms with Gasteiger partial charge in [-0.25, -0.2) is 10.2 Å². The number of rotatable bonds is 3. The van der Waals surface area contributed by atoms with Crippen LogP contribution in [-0.2, 0) is 0 Å². The summed E-state index contributed by atoms with van der Waals surface area (Å²) in [7, 11) is 0. The fourth-order valence-corrected chi connectivity index (χ4v) is 1.70. The van der Waals surface area contributed by atoms with E-state index >= 15 is 0 Å². The monoisotopic (exact) mass is 287 g/mol. The number of urea groups is 1. The van der Waals surface area contributed by atoms with Crippen molar-refractivity contribution in [3.8, 4) is 0 Å². The molecule has 5 heteroatoms. The highest BCUT2D eigenvalue weighted by atomic mass is 35.5. The first-order valence-corrected chi connectivity index (χ1v) is 6.45. The minimum absolute atomic E-state index is 0.385. The van der Waals surface area contributed by atoms with Gasteiger partial charge < -0.3 is 5.32 Å². The van der Waals surface area contributed by atoms with E-state index in [9.17, 15) is 4.79 Å². The average Bonchev–Trinajstić information content (AvgIpc) is 2.46. The molecule has 0 fully saturated rings. The molecule has 0 spiro atoms. The summed E-state index contributed by atoms with van der Waals surface area (Å²) < 4.78 is 0. The molecule has 0 aromatic heterocycles. The van der Waals surface area contributed by atoms with Crippen LogP contribution in [0.3, 0.4) is 0 Å². The highest BCUT2D eigenvalue weighted by Crippen LogP contribution is 2.10. The van der Waals surface area contributed by atoms with Crippen LogP contribution in [0.1, 0.15) is 12.5 Å². The molecular formula is C15H14ClN3O. The third kappa shape index (κ3) is 4.10. The Morgan fingerprint density at radius 1 is 1.05 bits per heavy atom. The summed E-state index contributed by atoms with van der Waals surface area (Å²) in [5, 5.41) is 7.37. The van der Waals surface area contributed by atoms with E-state index in [4.69, 9.17) is 11.6 Å². The maximum atomic E-state index is 11.7. The fraction of sp³-hybridized carbons (Fsp3) is 0.0667. The second kappa shape index (κ2) is 6.73. The van der Waals surface area contributed by atoms with Gasteiger partial charge in [-0.05, 0) is 36.8 Å². The number of carbonyl (C=O) groups is 1. The van der Waals surface area contributed by atoms with E-state index in [1.807, 2.05) is 37.3 Å². The summed E-state index contributed by atoms with van der Waals surface area (Å²) in [6.45, 7) is 1.81. The lowest BCUT2D eigenvalue weighted by Crippen LogP contribution is -2.25. The number of nitrogens with zero attached hydrogens (tertiary/aromatic N) is 1. The molecule has 4 nitrogen and oxygen atoms in total. The lowest BCUT2D eigenvalue weighted by molar-refractivity contribution is 0.252. The molecule has 0 bridgehead atoms. The van der Waals surface area contributed by atoms with Crippen LogP contribution in [0.5, 0.6) is 0 Å². The number of anilines is 1. The number of benzene rings is 2. The predicted molar refractivity (Wildman–Crippen MR) is 82.3 cm³/mol. The maximum absolute atomic E-state index is 11.7. The van der Waals surface area contributed by atoms with Crippen LogP contribution >= 0.6 is 11.6 Å². The quantitative estimate of drug-likeness (QED) is 0.653. The second-order valence-corrected chi connectivity index (χ2v) is 4.57. The van der Waals surface area contributed by atoms with Gasteiger partial charge in [0.1, 0.15) is 0 Å². The Kier molecular flexibility index (Phi) is 4.74. The van der Waals surface area contributed by atoms with Crippen molar-refractivity contribution in [2.45, 2.75) is 6.92 Å². The number of hydrazone groups is 1. The Morgan fingerprint density at radius 2 is 1.70 bits per heavy atom. The molecular weight excluding hydrogens is 274 g/mol. The molecule has 0 aliphatic rings. The lowest BCUT2D eigenvalue weighted by Gasteiger charge is -2.05. The molecule has 0 saturated heterocycles. The zero-order chi connectivity index (χ0) is 14.4. The average molecular weight is 288 g/mol. The van der Waals surface area contributed by atoms with Crippen LogP contribution in [-0.4, -0.2) is 11.7 Å². The Morgan fingerprint density at radius 3 is 2.35 bits per heavy atom. The molecule has 2 rings (SSSR count). The summed E-state index contributed by atoms with van der Waals surface area (Å²) in [5.74, 6) is 0. The first-order valence-electron chi connectivity index (χ1n) is 6.07. The number of hydrogen-bond acceptors (Lipinski definition) is 2. The van der Waals surface area contributed by atoms with Gasteiger partial charge in [-0.15, -0.1) is 0 Å². The zero-order valence-electron chi connectivity index (χ0n) is 10.9. The van der Waals surface area contributed by atoms with Crippen molar-refractivity contribution in [1.29, 1.82) is 0 Å². The van der Waals surface area contributed by atoms with Gasteiger partial charge in [-0.1, -0.05) is 41.9 Å². The van der Waals surface area contributed by atoms with E-state index in [-0.39, 0.29) is 6.03 Å². The molecule has 20 heavy (non-hydrogen) atoms. The summed E-state index contributed by atoms with van der Waals surface area (Å²) in [6.07, 6.45) is 0. The minimum atomic E-state index is -0.385. The number of hydrogen-bond donors (Lipinski definition) is 2. The van der Waals surface area contributed by atoms with Crippen LogP contribution in [0.15, 0.2) is 59.7 Å². The standard InChI is InChI=1S/C15H14ClN3O/c1-11(12-7-9-13(16)10-8-12)18-19-15(20)17-14-5-3-2-4-6-14/h2-10H,1H3,(H2,17,19,20)/b18-11+. The predicted octanol–water partition coefficient (Wildman–Crippen LogP) is 3.89. The Balaban J connectivity index is 1.95. The van der Waals surface area contributed by atoms with Crippen molar-refractivity contribution in [3.63, 3.8) is 0 Å². The number of amides is 2. The lowest BCUT2D eigenvalue weighted by atomic mass is 10.1. The van der Waals surface area contributed by atoms with Gasteiger partial charge in [-0.3, -0.25) is 0 Å². The summed E-state index contributed by atoms with van der Waals surface area (Å²) >= 11 is 5.81. The topological polar surface area (TPSA) is 53.5 Å². The van der Waals surface area contributed by atoms with Crippen LogP contribution in [0.4, 0.5) is 10.5 Å². The zero-order valence-corrected chi connectivity index (χ0v) is 11.7. The van der Waals surface area contributed by atoms with E-state index in [1.165, 1.54) is 0 Å². The Hall–Kier alpha value is -2.33. The second-order valence-electron chi connectivity index (χ2n) is 4.14. The van der Waals surface area contributed by atoms with E-state index in [1.54, 1.807) is 24.3 Å². The molecule has 0 heterocycles. The third-order valence-corrected chi connectivity index (χ3v) is 2.87. The molecule has 2 amide bonds. The molecule has 0 aliphatic carbocycles. The molecule has 2 aromatic carbocycles. The smallest absolute Gasteiger partial charge is 0.307 e. The van der Waals surface area contributed by atoms with E-state index < -0.39 is 0 Å². The Labute approximate surface area is 122 Å². The summed E-state index contributed by atoms with van der Waals surface area (Å²) in [5.41, 5.74) is 4.76.